The highest BCUT2D eigenvalue weighted by molar-refractivity contribution is 6.31. The number of hydrogen-bond donors (Lipinski definition) is 1. The summed E-state index contributed by atoms with van der Waals surface area (Å²) < 4.78 is 15.8. The molecule has 0 amide bonds. The molecule has 0 aliphatic heterocycles. The molecule has 138 valence electrons. The van der Waals surface area contributed by atoms with Crippen LogP contribution >= 0.6 is 36.4 Å². The van der Waals surface area contributed by atoms with Crippen LogP contribution < -0.4 is 5.73 Å². The van der Waals surface area contributed by atoms with Crippen molar-refractivity contribution in [2.24, 2.45) is 5.73 Å². The zero-order chi connectivity index (χ0) is 17.3. The minimum atomic E-state index is -0.574. The van der Waals surface area contributed by atoms with Crippen molar-refractivity contribution in [2.75, 3.05) is 0 Å². The molecule has 8 heteroatoms. The van der Waals surface area contributed by atoms with Crippen LogP contribution in [0.2, 0.25) is 5.02 Å². The Kier molecular flexibility index (Phi) is 7.78. The van der Waals surface area contributed by atoms with E-state index < -0.39 is 11.6 Å². The Labute approximate surface area is 168 Å². The third-order valence-electron chi connectivity index (χ3n) is 3.78. The molecule has 0 unspecified atom stereocenters. The number of ketones is 1. The Morgan fingerprint density at radius 1 is 1.19 bits per heavy atom. The van der Waals surface area contributed by atoms with Gasteiger partial charge in [0.05, 0.1) is 23.1 Å². The molecule has 4 nitrogen and oxygen atoms in total. The number of aryl methyl sites for hydroxylation is 1. The van der Waals surface area contributed by atoms with Crippen LogP contribution in [0.15, 0.2) is 48.7 Å². The molecule has 1 heterocycles. The average molecular weight is 417 g/mol. The van der Waals surface area contributed by atoms with E-state index in [0.29, 0.717) is 22.1 Å². The van der Waals surface area contributed by atoms with Crippen molar-refractivity contribution in [1.29, 1.82) is 0 Å². The summed E-state index contributed by atoms with van der Waals surface area (Å²) >= 11 is 6.07. The zero-order valence-corrected chi connectivity index (χ0v) is 16.2. The molecule has 3 aromatic rings. The number of hydrogen-bond acceptors (Lipinski definition) is 3. The lowest BCUT2D eigenvalue weighted by Crippen LogP contribution is -2.13. The maximum Gasteiger partial charge on any atom is 0.198 e. The fraction of sp³-hybridized carbons (Fsp3) is 0.111. The summed E-state index contributed by atoms with van der Waals surface area (Å²) in [7, 11) is 0. The van der Waals surface area contributed by atoms with Crippen LogP contribution in [-0.4, -0.2) is 15.3 Å². The molecule has 0 atom stereocenters. The molecule has 0 fully saturated rings. The summed E-state index contributed by atoms with van der Waals surface area (Å²) in [6.45, 7) is 2.07. The number of rotatable bonds is 4. The van der Waals surface area contributed by atoms with E-state index in [9.17, 15) is 9.18 Å². The quantitative estimate of drug-likeness (QED) is 0.637. The van der Waals surface area contributed by atoms with Crippen LogP contribution in [0.5, 0.6) is 0 Å². The lowest BCUT2D eigenvalue weighted by Gasteiger charge is -2.14. The molecule has 0 aliphatic carbocycles. The van der Waals surface area contributed by atoms with Gasteiger partial charge >= 0.3 is 0 Å². The summed E-state index contributed by atoms with van der Waals surface area (Å²) in [6.07, 6.45) is 1.65. The molecule has 0 spiro atoms. The van der Waals surface area contributed by atoms with Gasteiger partial charge in [-0.05, 0) is 37.3 Å². The third kappa shape index (κ3) is 4.07. The van der Waals surface area contributed by atoms with Gasteiger partial charge < -0.3 is 5.73 Å². The predicted octanol–water partition coefficient (Wildman–Crippen LogP) is 4.51. The topological polar surface area (TPSA) is 60.9 Å². The van der Waals surface area contributed by atoms with Gasteiger partial charge in [0.25, 0.3) is 0 Å². The highest BCUT2D eigenvalue weighted by atomic mass is 35.5. The number of halogens is 4. The molecule has 2 aromatic carbocycles. The summed E-state index contributed by atoms with van der Waals surface area (Å²) in [5.41, 5.74) is 7.37. The van der Waals surface area contributed by atoms with Gasteiger partial charge in [-0.15, -0.1) is 24.8 Å². The van der Waals surface area contributed by atoms with E-state index in [1.54, 1.807) is 29.0 Å². The number of carbonyl (C=O) groups excluding carboxylic acids is 1. The second-order valence-corrected chi connectivity index (χ2v) is 5.74. The summed E-state index contributed by atoms with van der Waals surface area (Å²) in [5, 5.41) is 0.394. The van der Waals surface area contributed by atoms with E-state index in [4.69, 9.17) is 17.3 Å². The lowest BCUT2D eigenvalue weighted by atomic mass is 10.0. The van der Waals surface area contributed by atoms with Gasteiger partial charge in [-0.2, -0.15) is 0 Å². The van der Waals surface area contributed by atoms with Crippen LogP contribution in [-0.2, 0) is 6.54 Å². The van der Waals surface area contributed by atoms with Crippen molar-refractivity contribution in [3.63, 3.8) is 0 Å². The standard InChI is InChI=1S/C18H15ClFN3O.2ClH/c1-11-22-10-13(9-21)23(11)17-7-6-12(19)8-15(17)18(24)14-4-2-3-5-16(14)20;;/h2-8,10H,9,21H2,1H3;2*1H. The maximum atomic E-state index is 14.0. The Balaban J connectivity index is 0.00000169. The van der Waals surface area contributed by atoms with Crippen LogP contribution in [0.1, 0.15) is 27.4 Å². The molecule has 1 aromatic heterocycles. The van der Waals surface area contributed by atoms with Gasteiger partial charge in [-0.25, -0.2) is 9.37 Å². The largest absolute Gasteiger partial charge is 0.325 e. The first-order valence-corrected chi connectivity index (χ1v) is 7.73. The predicted molar refractivity (Wildman–Crippen MR) is 106 cm³/mol. The number of imidazole rings is 1. The number of aromatic nitrogens is 2. The van der Waals surface area contributed by atoms with Gasteiger partial charge in [0.2, 0.25) is 0 Å². The third-order valence-corrected chi connectivity index (χ3v) is 4.02. The van der Waals surface area contributed by atoms with Gasteiger partial charge in [-0.3, -0.25) is 9.36 Å². The van der Waals surface area contributed by atoms with E-state index in [0.717, 1.165) is 5.69 Å². The average Bonchev–Trinajstić information content (AvgIpc) is 2.95. The summed E-state index contributed by atoms with van der Waals surface area (Å²) in [5.74, 6) is -0.336. The summed E-state index contributed by atoms with van der Waals surface area (Å²) in [6, 6.07) is 10.8. The van der Waals surface area contributed by atoms with Gasteiger partial charge in [0.15, 0.2) is 5.78 Å². The van der Waals surface area contributed by atoms with E-state index in [-0.39, 0.29) is 36.9 Å². The van der Waals surface area contributed by atoms with Crippen molar-refractivity contribution in [3.05, 3.63) is 82.1 Å². The number of carbonyl (C=O) groups is 1. The van der Waals surface area contributed by atoms with Gasteiger partial charge in [-0.1, -0.05) is 23.7 Å². The SMILES string of the molecule is Cc1ncc(CN)n1-c1ccc(Cl)cc1C(=O)c1ccccc1F.Cl.Cl. The molecule has 0 saturated carbocycles. The second-order valence-electron chi connectivity index (χ2n) is 5.31. The van der Waals surface area contributed by atoms with Crippen molar-refractivity contribution in [3.8, 4) is 5.69 Å². The van der Waals surface area contributed by atoms with Gasteiger partial charge in [0, 0.05) is 17.1 Å². The van der Waals surface area contributed by atoms with Crippen LogP contribution in [0, 0.1) is 12.7 Å². The first-order chi connectivity index (χ1) is 11.5. The van der Waals surface area contributed by atoms with Crippen molar-refractivity contribution < 1.29 is 9.18 Å². The molecule has 3 rings (SSSR count). The number of benzene rings is 2. The Morgan fingerprint density at radius 3 is 2.54 bits per heavy atom. The molecule has 2 N–H and O–H groups in total. The van der Waals surface area contributed by atoms with Crippen molar-refractivity contribution in [2.45, 2.75) is 13.5 Å². The highest BCUT2D eigenvalue weighted by Gasteiger charge is 2.20. The second kappa shape index (κ2) is 9.14. The minimum Gasteiger partial charge on any atom is -0.325 e. The normalized spacial score (nSPS) is 10.0. The smallest absolute Gasteiger partial charge is 0.198 e. The number of nitrogens with two attached hydrogens (primary N) is 1. The van der Waals surface area contributed by atoms with Crippen LogP contribution in [0.3, 0.4) is 0 Å². The zero-order valence-electron chi connectivity index (χ0n) is 13.8. The van der Waals surface area contributed by atoms with Crippen LogP contribution in [0.25, 0.3) is 5.69 Å². The molecule has 0 aliphatic rings. The van der Waals surface area contributed by atoms with E-state index >= 15 is 0 Å². The first-order valence-electron chi connectivity index (χ1n) is 7.35. The molecule has 26 heavy (non-hydrogen) atoms. The Hall–Kier alpha value is -1.92. The summed E-state index contributed by atoms with van der Waals surface area (Å²) in [4.78, 5) is 17.1. The Bertz CT molecular complexity index is 928. The highest BCUT2D eigenvalue weighted by Crippen LogP contribution is 2.26. The molecule has 0 radical (unpaired) electrons. The molecular weight excluding hydrogens is 400 g/mol. The molecular formula is C18H17Cl3FN3O. The van der Waals surface area contributed by atoms with E-state index in [1.165, 1.54) is 24.3 Å². The number of nitrogens with zero attached hydrogens (tertiary/aromatic N) is 2. The Morgan fingerprint density at radius 2 is 1.88 bits per heavy atom. The fourth-order valence-corrected chi connectivity index (χ4v) is 2.81. The molecule has 0 saturated heterocycles. The van der Waals surface area contributed by atoms with Crippen LogP contribution in [0.4, 0.5) is 4.39 Å². The minimum absolute atomic E-state index is 0. The lowest BCUT2D eigenvalue weighted by molar-refractivity contribution is 0.103. The van der Waals surface area contributed by atoms with Crippen molar-refractivity contribution in [1.82, 2.24) is 9.55 Å². The fourth-order valence-electron chi connectivity index (χ4n) is 2.64. The van der Waals surface area contributed by atoms with E-state index in [2.05, 4.69) is 4.98 Å². The molecule has 0 bridgehead atoms. The first kappa shape index (κ1) is 22.1. The van der Waals surface area contributed by atoms with Crippen molar-refractivity contribution >= 4 is 42.2 Å². The maximum absolute atomic E-state index is 14.0. The van der Waals surface area contributed by atoms with E-state index in [1.807, 2.05) is 6.92 Å². The monoisotopic (exact) mass is 415 g/mol. The van der Waals surface area contributed by atoms with Gasteiger partial charge in [0.1, 0.15) is 11.6 Å².